The van der Waals surface area contributed by atoms with Crippen molar-refractivity contribution < 1.29 is 19.5 Å². The quantitative estimate of drug-likeness (QED) is 0.804. The van der Waals surface area contributed by atoms with Gasteiger partial charge in [0.15, 0.2) is 0 Å². The highest BCUT2D eigenvalue weighted by atomic mass is 16.4. The van der Waals surface area contributed by atoms with E-state index in [1.54, 1.807) is 38.1 Å². The molecule has 1 atom stereocenters. The molecule has 2 rings (SSSR count). The Morgan fingerprint density at radius 1 is 1.30 bits per heavy atom. The molecule has 1 fully saturated rings. The van der Waals surface area contributed by atoms with Crippen LogP contribution in [0, 0.1) is 0 Å². The average molecular weight is 276 g/mol. The summed E-state index contributed by atoms with van der Waals surface area (Å²) in [7, 11) is 0. The van der Waals surface area contributed by atoms with Gasteiger partial charge in [0, 0.05) is 6.42 Å². The molecule has 1 aliphatic rings. The van der Waals surface area contributed by atoms with Gasteiger partial charge < -0.3 is 10.4 Å². The van der Waals surface area contributed by atoms with E-state index in [0.717, 1.165) is 10.5 Å². The molecule has 1 aromatic rings. The Balaban J connectivity index is 2.28. The van der Waals surface area contributed by atoms with Gasteiger partial charge in [-0.1, -0.05) is 30.3 Å². The van der Waals surface area contributed by atoms with Crippen LogP contribution >= 0.6 is 0 Å². The summed E-state index contributed by atoms with van der Waals surface area (Å²) in [4.78, 5) is 36.2. The molecule has 2 N–H and O–H groups in total. The summed E-state index contributed by atoms with van der Waals surface area (Å²) in [5.74, 6) is -1.72. The summed E-state index contributed by atoms with van der Waals surface area (Å²) in [6.07, 6.45) is 0.0887. The van der Waals surface area contributed by atoms with Crippen LogP contribution in [0.1, 0.15) is 19.4 Å². The van der Waals surface area contributed by atoms with Crippen LogP contribution in [0.4, 0.5) is 4.79 Å². The van der Waals surface area contributed by atoms with Crippen LogP contribution < -0.4 is 5.32 Å². The number of carboxylic acids is 1. The number of imide groups is 1. The molecule has 0 radical (unpaired) electrons. The van der Waals surface area contributed by atoms with Crippen molar-refractivity contribution in [2.24, 2.45) is 0 Å². The van der Waals surface area contributed by atoms with Crippen LogP contribution in [0.5, 0.6) is 0 Å². The zero-order valence-corrected chi connectivity index (χ0v) is 11.3. The first-order valence-electron chi connectivity index (χ1n) is 6.25. The highest BCUT2D eigenvalue weighted by molar-refractivity contribution is 6.08. The topological polar surface area (TPSA) is 86.7 Å². The van der Waals surface area contributed by atoms with E-state index in [1.807, 2.05) is 6.07 Å². The molecule has 6 heteroatoms. The van der Waals surface area contributed by atoms with Crippen molar-refractivity contribution >= 4 is 17.9 Å². The van der Waals surface area contributed by atoms with Crippen molar-refractivity contribution in [2.75, 3.05) is 0 Å². The van der Waals surface area contributed by atoms with Gasteiger partial charge >= 0.3 is 12.0 Å². The van der Waals surface area contributed by atoms with Gasteiger partial charge in [0.25, 0.3) is 5.91 Å². The fourth-order valence-electron chi connectivity index (χ4n) is 2.18. The standard InChI is InChI=1S/C14H16N2O4/c1-14(2)12(19)16(13(20)15-14)10(11(17)18)8-9-6-4-3-5-7-9/h3-7,10H,8H2,1-2H3,(H,15,20)(H,17,18)/t10-/m1/s1. The van der Waals surface area contributed by atoms with Crippen molar-refractivity contribution in [1.82, 2.24) is 10.2 Å². The van der Waals surface area contributed by atoms with Crippen molar-refractivity contribution in [3.63, 3.8) is 0 Å². The van der Waals surface area contributed by atoms with Gasteiger partial charge in [0.2, 0.25) is 0 Å². The van der Waals surface area contributed by atoms with Crippen molar-refractivity contribution in [2.45, 2.75) is 31.8 Å². The lowest BCUT2D eigenvalue weighted by Gasteiger charge is -2.22. The Morgan fingerprint density at radius 2 is 1.90 bits per heavy atom. The SMILES string of the molecule is CC1(C)NC(=O)N([C@H](Cc2ccccc2)C(=O)O)C1=O. The van der Waals surface area contributed by atoms with E-state index in [-0.39, 0.29) is 6.42 Å². The summed E-state index contributed by atoms with van der Waals surface area (Å²) < 4.78 is 0. The number of nitrogens with one attached hydrogen (secondary N) is 1. The van der Waals surface area contributed by atoms with E-state index >= 15 is 0 Å². The second-order valence-electron chi connectivity index (χ2n) is 5.27. The fourth-order valence-corrected chi connectivity index (χ4v) is 2.18. The number of hydrogen-bond acceptors (Lipinski definition) is 3. The predicted octanol–water partition coefficient (Wildman–Crippen LogP) is 1.01. The van der Waals surface area contributed by atoms with E-state index in [4.69, 9.17) is 0 Å². The van der Waals surface area contributed by atoms with Crippen LogP contribution in [0.3, 0.4) is 0 Å². The van der Waals surface area contributed by atoms with Gasteiger partial charge in [0.05, 0.1) is 0 Å². The van der Waals surface area contributed by atoms with E-state index in [9.17, 15) is 19.5 Å². The van der Waals surface area contributed by atoms with Gasteiger partial charge in [-0.2, -0.15) is 0 Å². The molecule has 0 spiro atoms. The molecule has 20 heavy (non-hydrogen) atoms. The number of aliphatic carboxylic acids is 1. The highest BCUT2D eigenvalue weighted by Gasteiger charge is 2.49. The summed E-state index contributed by atoms with van der Waals surface area (Å²) in [6, 6.07) is 7.04. The number of rotatable bonds is 4. The molecule has 0 aromatic heterocycles. The van der Waals surface area contributed by atoms with Crippen LogP contribution in [0.15, 0.2) is 30.3 Å². The van der Waals surface area contributed by atoms with Crippen LogP contribution in [-0.4, -0.2) is 39.5 Å². The predicted molar refractivity (Wildman–Crippen MR) is 71.0 cm³/mol. The summed E-state index contributed by atoms with van der Waals surface area (Å²) in [6.45, 7) is 3.10. The first-order valence-corrected chi connectivity index (χ1v) is 6.25. The van der Waals surface area contributed by atoms with Crippen molar-refractivity contribution in [1.29, 1.82) is 0 Å². The summed E-state index contributed by atoms with van der Waals surface area (Å²) in [5, 5.41) is 11.8. The molecule has 1 aliphatic heterocycles. The molecule has 1 aromatic carbocycles. The Morgan fingerprint density at radius 3 is 2.35 bits per heavy atom. The minimum absolute atomic E-state index is 0.0887. The monoisotopic (exact) mass is 276 g/mol. The molecule has 3 amide bonds. The Labute approximate surface area is 116 Å². The average Bonchev–Trinajstić information content (AvgIpc) is 2.57. The Bertz CT molecular complexity index is 554. The molecule has 0 unspecified atom stereocenters. The van der Waals surface area contributed by atoms with Crippen molar-refractivity contribution in [3.05, 3.63) is 35.9 Å². The second-order valence-corrected chi connectivity index (χ2v) is 5.27. The van der Waals surface area contributed by atoms with E-state index < -0.39 is 29.5 Å². The Hall–Kier alpha value is -2.37. The lowest BCUT2D eigenvalue weighted by molar-refractivity contribution is -0.147. The first kappa shape index (κ1) is 14.0. The number of urea groups is 1. The number of carbonyl (C=O) groups is 3. The van der Waals surface area contributed by atoms with Crippen LogP contribution in [-0.2, 0) is 16.0 Å². The smallest absolute Gasteiger partial charge is 0.327 e. The van der Waals surface area contributed by atoms with Crippen LogP contribution in [0.2, 0.25) is 0 Å². The number of hydrogen-bond donors (Lipinski definition) is 2. The van der Waals surface area contributed by atoms with Crippen LogP contribution in [0.25, 0.3) is 0 Å². The highest BCUT2D eigenvalue weighted by Crippen LogP contribution is 2.21. The minimum atomic E-state index is -1.20. The maximum Gasteiger partial charge on any atom is 0.327 e. The number of carboxylic acid groups (broad SMARTS) is 1. The van der Waals surface area contributed by atoms with E-state index in [1.165, 1.54) is 0 Å². The third kappa shape index (κ3) is 2.49. The number of amides is 3. The van der Waals surface area contributed by atoms with Gasteiger partial charge in [0.1, 0.15) is 11.6 Å². The maximum absolute atomic E-state index is 12.2. The summed E-state index contributed by atoms with van der Waals surface area (Å²) in [5.41, 5.74) is -0.313. The number of carbonyl (C=O) groups excluding carboxylic acids is 2. The van der Waals surface area contributed by atoms with E-state index in [0.29, 0.717) is 0 Å². The molecule has 1 saturated heterocycles. The molecule has 0 aliphatic carbocycles. The van der Waals surface area contributed by atoms with Gasteiger partial charge in [-0.25, -0.2) is 14.5 Å². The minimum Gasteiger partial charge on any atom is -0.480 e. The molecule has 106 valence electrons. The molecule has 6 nitrogen and oxygen atoms in total. The zero-order valence-electron chi connectivity index (χ0n) is 11.3. The lowest BCUT2D eigenvalue weighted by Crippen LogP contribution is -2.48. The van der Waals surface area contributed by atoms with Gasteiger partial charge in [-0.05, 0) is 19.4 Å². The molecule has 0 saturated carbocycles. The van der Waals surface area contributed by atoms with Crippen molar-refractivity contribution in [3.8, 4) is 0 Å². The molecular weight excluding hydrogens is 260 g/mol. The molecular formula is C14H16N2O4. The van der Waals surface area contributed by atoms with Gasteiger partial charge in [-0.15, -0.1) is 0 Å². The second kappa shape index (κ2) is 4.96. The molecule has 1 heterocycles. The lowest BCUT2D eigenvalue weighted by atomic mass is 10.0. The van der Waals surface area contributed by atoms with E-state index in [2.05, 4.69) is 5.32 Å². The normalized spacial score (nSPS) is 18.8. The third-order valence-corrected chi connectivity index (χ3v) is 3.26. The van der Waals surface area contributed by atoms with Gasteiger partial charge in [-0.3, -0.25) is 4.79 Å². The number of nitrogens with zero attached hydrogens (tertiary/aromatic N) is 1. The Kier molecular flexibility index (Phi) is 3.48. The first-order chi connectivity index (χ1) is 9.33. The third-order valence-electron chi connectivity index (χ3n) is 3.26. The zero-order chi connectivity index (χ0) is 14.9. The number of benzene rings is 1. The largest absolute Gasteiger partial charge is 0.480 e. The maximum atomic E-state index is 12.2. The fraction of sp³-hybridized carbons (Fsp3) is 0.357. The molecule has 0 bridgehead atoms. The summed E-state index contributed by atoms with van der Waals surface area (Å²) >= 11 is 0.